The quantitative estimate of drug-likeness (QED) is 0.831. The molecular formula is C13H18N2O. The van der Waals surface area contributed by atoms with E-state index < -0.39 is 0 Å². The summed E-state index contributed by atoms with van der Waals surface area (Å²) in [5.41, 5.74) is 8.08. The second kappa shape index (κ2) is 3.83. The van der Waals surface area contributed by atoms with Crippen molar-refractivity contribution in [3.8, 4) is 5.75 Å². The van der Waals surface area contributed by atoms with Gasteiger partial charge in [0.15, 0.2) is 0 Å². The first-order valence-electron chi connectivity index (χ1n) is 5.42. The minimum Gasteiger partial charge on any atom is -0.496 e. The fourth-order valence-electron chi connectivity index (χ4n) is 1.94. The van der Waals surface area contributed by atoms with Crippen molar-refractivity contribution in [3.63, 3.8) is 0 Å². The lowest BCUT2D eigenvalue weighted by Gasteiger charge is -2.20. The topological polar surface area (TPSA) is 51.0 Å². The molecular weight excluding hydrogens is 200 g/mol. The highest BCUT2D eigenvalue weighted by Crippen LogP contribution is 2.27. The van der Waals surface area contributed by atoms with Crippen molar-refractivity contribution >= 4 is 10.9 Å². The zero-order chi connectivity index (χ0) is 11.8. The number of H-pyrrole nitrogens is 1. The van der Waals surface area contributed by atoms with Gasteiger partial charge in [-0.15, -0.1) is 0 Å². The number of nitrogens with one attached hydrogen (secondary N) is 1. The van der Waals surface area contributed by atoms with E-state index in [4.69, 9.17) is 10.5 Å². The van der Waals surface area contributed by atoms with Crippen LogP contribution in [-0.4, -0.2) is 17.6 Å². The first-order valence-corrected chi connectivity index (χ1v) is 5.42. The SMILES string of the molecule is COc1cc2cc[nH]c2cc1CC(C)(C)N. The molecule has 0 unspecified atom stereocenters. The summed E-state index contributed by atoms with van der Waals surface area (Å²) >= 11 is 0. The van der Waals surface area contributed by atoms with Gasteiger partial charge in [-0.25, -0.2) is 0 Å². The summed E-state index contributed by atoms with van der Waals surface area (Å²) in [6, 6.07) is 6.20. The molecule has 0 saturated heterocycles. The normalized spacial score (nSPS) is 12.0. The van der Waals surface area contributed by atoms with Gasteiger partial charge >= 0.3 is 0 Å². The van der Waals surface area contributed by atoms with Crippen molar-refractivity contribution in [1.82, 2.24) is 4.98 Å². The van der Waals surface area contributed by atoms with Crippen LogP contribution >= 0.6 is 0 Å². The maximum atomic E-state index is 6.04. The van der Waals surface area contributed by atoms with Crippen molar-refractivity contribution in [2.45, 2.75) is 25.8 Å². The van der Waals surface area contributed by atoms with E-state index in [2.05, 4.69) is 11.1 Å². The van der Waals surface area contributed by atoms with E-state index in [0.717, 1.165) is 28.6 Å². The van der Waals surface area contributed by atoms with E-state index in [9.17, 15) is 0 Å². The van der Waals surface area contributed by atoms with Crippen LogP contribution in [0.1, 0.15) is 19.4 Å². The molecule has 0 aliphatic rings. The minimum atomic E-state index is -0.229. The van der Waals surface area contributed by atoms with Gasteiger partial charge < -0.3 is 15.5 Å². The Kier molecular flexibility index (Phi) is 2.64. The van der Waals surface area contributed by atoms with E-state index in [1.807, 2.05) is 32.2 Å². The second-order valence-corrected chi connectivity index (χ2v) is 4.89. The Balaban J connectivity index is 2.48. The Bertz CT molecular complexity index is 494. The molecule has 2 aromatic rings. The number of hydrogen-bond donors (Lipinski definition) is 2. The Morgan fingerprint density at radius 3 is 2.75 bits per heavy atom. The van der Waals surface area contributed by atoms with Crippen molar-refractivity contribution in [2.75, 3.05) is 7.11 Å². The fourth-order valence-corrected chi connectivity index (χ4v) is 1.94. The first kappa shape index (κ1) is 11.0. The molecule has 0 spiro atoms. The zero-order valence-electron chi connectivity index (χ0n) is 10.0. The molecule has 0 aliphatic carbocycles. The van der Waals surface area contributed by atoms with Gasteiger partial charge in [-0.3, -0.25) is 0 Å². The maximum Gasteiger partial charge on any atom is 0.122 e. The van der Waals surface area contributed by atoms with Gasteiger partial charge in [-0.05, 0) is 44.0 Å². The number of aromatic amines is 1. The van der Waals surface area contributed by atoms with E-state index in [1.165, 1.54) is 0 Å². The molecule has 2 rings (SSSR count). The van der Waals surface area contributed by atoms with Crippen LogP contribution in [0, 0.1) is 0 Å². The maximum absolute atomic E-state index is 6.04. The van der Waals surface area contributed by atoms with E-state index in [0.29, 0.717) is 0 Å². The lowest BCUT2D eigenvalue weighted by molar-refractivity contribution is 0.403. The molecule has 3 N–H and O–H groups in total. The van der Waals surface area contributed by atoms with Crippen LogP contribution in [0.5, 0.6) is 5.75 Å². The third kappa shape index (κ3) is 2.19. The van der Waals surface area contributed by atoms with E-state index in [-0.39, 0.29) is 5.54 Å². The molecule has 86 valence electrons. The van der Waals surface area contributed by atoms with Crippen LogP contribution in [0.25, 0.3) is 10.9 Å². The molecule has 0 atom stereocenters. The molecule has 1 aromatic carbocycles. The molecule has 0 fully saturated rings. The van der Waals surface area contributed by atoms with Gasteiger partial charge in [0, 0.05) is 22.6 Å². The number of fused-ring (bicyclic) bond motifs is 1. The lowest BCUT2D eigenvalue weighted by Crippen LogP contribution is -2.34. The average molecular weight is 218 g/mol. The average Bonchev–Trinajstić information content (AvgIpc) is 2.60. The molecule has 0 saturated carbocycles. The summed E-state index contributed by atoms with van der Waals surface area (Å²) in [6.45, 7) is 4.04. The fraction of sp³-hybridized carbons (Fsp3) is 0.385. The molecule has 16 heavy (non-hydrogen) atoms. The lowest BCUT2D eigenvalue weighted by atomic mass is 9.95. The molecule has 0 radical (unpaired) electrons. The number of methoxy groups -OCH3 is 1. The Hall–Kier alpha value is -1.48. The Morgan fingerprint density at radius 2 is 2.12 bits per heavy atom. The number of nitrogens with two attached hydrogens (primary N) is 1. The highest BCUT2D eigenvalue weighted by molar-refractivity contribution is 5.82. The van der Waals surface area contributed by atoms with Gasteiger partial charge in [0.25, 0.3) is 0 Å². The largest absolute Gasteiger partial charge is 0.496 e. The highest BCUT2D eigenvalue weighted by Gasteiger charge is 2.15. The summed E-state index contributed by atoms with van der Waals surface area (Å²) < 4.78 is 5.40. The third-order valence-electron chi connectivity index (χ3n) is 2.60. The van der Waals surface area contributed by atoms with Crippen molar-refractivity contribution < 1.29 is 4.74 Å². The Labute approximate surface area is 95.6 Å². The molecule has 3 nitrogen and oxygen atoms in total. The van der Waals surface area contributed by atoms with Crippen molar-refractivity contribution in [2.24, 2.45) is 5.73 Å². The van der Waals surface area contributed by atoms with Gasteiger partial charge in [-0.2, -0.15) is 0 Å². The molecule has 3 heteroatoms. The van der Waals surface area contributed by atoms with Crippen molar-refractivity contribution in [3.05, 3.63) is 30.0 Å². The second-order valence-electron chi connectivity index (χ2n) is 4.89. The number of benzene rings is 1. The Morgan fingerprint density at radius 1 is 1.38 bits per heavy atom. The van der Waals surface area contributed by atoms with Crippen LogP contribution < -0.4 is 10.5 Å². The van der Waals surface area contributed by atoms with Gasteiger partial charge in [0.1, 0.15) is 5.75 Å². The number of aromatic nitrogens is 1. The third-order valence-corrected chi connectivity index (χ3v) is 2.60. The summed E-state index contributed by atoms with van der Waals surface area (Å²) in [5.74, 6) is 0.908. The predicted octanol–water partition coefficient (Wildman–Crippen LogP) is 2.46. The molecule has 1 heterocycles. The van der Waals surface area contributed by atoms with Crippen LogP contribution in [-0.2, 0) is 6.42 Å². The van der Waals surface area contributed by atoms with Crippen LogP contribution in [0.2, 0.25) is 0 Å². The van der Waals surface area contributed by atoms with Gasteiger partial charge in [0.05, 0.1) is 7.11 Å². The standard InChI is InChI=1S/C13H18N2O/c1-13(2,14)8-10-6-11-9(4-5-15-11)7-12(10)16-3/h4-7,15H,8,14H2,1-3H3. The zero-order valence-corrected chi connectivity index (χ0v) is 10.0. The number of rotatable bonds is 3. The molecule has 1 aromatic heterocycles. The molecule has 0 aliphatic heterocycles. The first-order chi connectivity index (χ1) is 7.49. The van der Waals surface area contributed by atoms with Crippen molar-refractivity contribution in [1.29, 1.82) is 0 Å². The van der Waals surface area contributed by atoms with E-state index in [1.54, 1.807) is 7.11 Å². The summed E-state index contributed by atoms with van der Waals surface area (Å²) in [5, 5.41) is 1.16. The minimum absolute atomic E-state index is 0.229. The van der Waals surface area contributed by atoms with Crippen LogP contribution in [0.4, 0.5) is 0 Å². The summed E-state index contributed by atoms with van der Waals surface area (Å²) in [7, 11) is 1.70. The smallest absolute Gasteiger partial charge is 0.122 e. The van der Waals surface area contributed by atoms with Crippen LogP contribution in [0.3, 0.4) is 0 Å². The number of ether oxygens (including phenoxy) is 1. The van der Waals surface area contributed by atoms with Gasteiger partial charge in [-0.1, -0.05) is 0 Å². The summed E-state index contributed by atoms with van der Waals surface area (Å²) in [4.78, 5) is 3.20. The molecule has 0 amide bonds. The highest BCUT2D eigenvalue weighted by atomic mass is 16.5. The monoisotopic (exact) mass is 218 g/mol. The van der Waals surface area contributed by atoms with Crippen LogP contribution in [0.15, 0.2) is 24.4 Å². The van der Waals surface area contributed by atoms with E-state index >= 15 is 0 Å². The molecule has 0 bridgehead atoms. The summed E-state index contributed by atoms with van der Waals surface area (Å²) in [6.07, 6.45) is 2.73. The van der Waals surface area contributed by atoms with Gasteiger partial charge in [0.2, 0.25) is 0 Å². The number of hydrogen-bond acceptors (Lipinski definition) is 2. The predicted molar refractivity (Wildman–Crippen MR) is 66.8 cm³/mol.